The molecule has 12 aromatic rings. The molecule has 0 amide bonds. The number of hydrogen-bond donors (Lipinski definition) is 1. The number of rotatable bonds is 6. The zero-order valence-corrected chi connectivity index (χ0v) is 35.4. The van der Waals surface area contributed by atoms with Gasteiger partial charge < -0.3 is 9.40 Å². The van der Waals surface area contributed by atoms with Crippen LogP contribution < -0.4 is 9.80 Å². The highest BCUT2D eigenvalue weighted by molar-refractivity contribution is 7.23. The minimum absolute atomic E-state index is 0.341. The fraction of sp³-hybridized carbons (Fsp3) is 0.0189. The van der Waals surface area contributed by atoms with Gasteiger partial charge in [0.05, 0.1) is 39.1 Å². The quantitative estimate of drug-likeness (QED) is 0.162. The van der Waals surface area contributed by atoms with E-state index < -0.39 is 5.66 Å². The Labute approximate surface area is 378 Å². The van der Waals surface area contributed by atoms with E-state index in [0.717, 1.165) is 81.0 Å². The molecule has 0 fully saturated rings. The average Bonchev–Trinajstić information content (AvgIpc) is 4.20. The van der Waals surface area contributed by atoms with Gasteiger partial charge in [-0.1, -0.05) is 103 Å². The molecule has 2 aliphatic heterocycles. The van der Waals surface area contributed by atoms with Gasteiger partial charge in [0, 0.05) is 55.0 Å². The highest BCUT2D eigenvalue weighted by Gasteiger charge is 2.59. The van der Waals surface area contributed by atoms with Gasteiger partial charge in [0.25, 0.3) is 0 Å². The Bertz CT molecular complexity index is 3960. The normalized spacial score (nSPS) is 16.3. The third-order valence-electron chi connectivity index (χ3n) is 12.5. The van der Waals surface area contributed by atoms with Crippen LogP contribution in [0.25, 0.3) is 70.4 Å². The fourth-order valence-electron chi connectivity index (χ4n) is 9.63. The highest BCUT2D eigenvalue weighted by Crippen LogP contribution is 2.57. The van der Waals surface area contributed by atoms with Crippen LogP contribution in [0.3, 0.4) is 0 Å². The van der Waals surface area contributed by atoms with Gasteiger partial charge >= 0.3 is 0 Å². The molecule has 6 aromatic carbocycles. The molecule has 8 heterocycles. The van der Waals surface area contributed by atoms with Crippen LogP contribution in [0.5, 0.6) is 0 Å². The number of nitrogens with zero attached hydrogens (tertiary/aromatic N) is 10. The van der Waals surface area contributed by atoms with E-state index >= 15 is 0 Å². The maximum Gasteiger partial charge on any atom is 0.211 e. The van der Waals surface area contributed by atoms with Crippen molar-refractivity contribution < 1.29 is 4.42 Å². The number of aromatic nitrogens is 7. The summed E-state index contributed by atoms with van der Waals surface area (Å²) in [7, 11) is 0. The maximum atomic E-state index is 7.32. The Balaban J connectivity index is 1.21. The molecule has 1 atom stereocenters. The van der Waals surface area contributed by atoms with E-state index in [0.29, 0.717) is 40.4 Å². The molecule has 1 unspecified atom stereocenters. The number of H-pyrrole nitrogens is 1. The number of aliphatic imine (C=N–C) groups is 2. The number of thiophene rings is 1. The number of pyridine rings is 1. The summed E-state index contributed by atoms with van der Waals surface area (Å²) >= 11 is 1.68. The second kappa shape index (κ2) is 14.0. The fourth-order valence-corrected chi connectivity index (χ4v) is 10.7. The third-order valence-corrected chi connectivity index (χ3v) is 13.6. The Morgan fingerprint density at radius 1 is 0.606 bits per heavy atom. The van der Waals surface area contributed by atoms with Crippen LogP contribution in [0.4, 0.5) is 10.8 Å². The van der Waals surface area contributed by atoms with Crippen LogP contribution in [-0.4, -0.2) is 47.0 Å². The van der Waals surface area contributed by atoms with Gasteiger partial charge in [-0.2, -0.15) is 0 Å². The molecule has 0 bridgehead atoms. The van der Waals surface area contributed by atoms with Gasteiger partial charge in [0.1, 0.15) is 11.3 Å². The SMILES string of the molecule is c1ccc2nc(C3=NC4=C(c5cc6ccccc6[nH]5)N(c5cc6ccccc6s5)C(c5cc6ccccc6o5)(c5cccc6nc7ccccc7cc56)N(c5ccnnn5)C4=N3)ncc2c1. The van der Waals surface area contributed by atoms with Crippen molar-refractivity contribution in [2.24, 2.45) is 9.98 Å². The summed E-state index contributed by atoms with van der Waals surface area (Å²) in [4.78, 5) is 34.4. The van der Waals surface area contributed by atoms with Crippen LogP contribution in [0.15, 0.2) is 202 Å². The minimum Gasteiger partial charge on any atom is -0.456 e. The van der Waals surface area contributed by atoms with Gasteiger partial charge in [-0.25, -0.2) is 24.9 Å². The van der Waals surface area contributed by atoms with Gasteiger partial charge in [-0.15, -0.1) is 21.5 Å². The van der Waals surface area contributed by atoms with Crippen LogP contribution in [0.2, 0.25) is 0 Å². The Hall–Kier alpha value is -8.94. The highest BCUT2D eigenvalue weighted by atomic mass is 32.1. The largest absolute Gasteiger partial charge is 0.456 e. The van der Waals surface area contributed by atoms with E-state index in [1.165, 1.54) is 0 Å². The number of hydrogen-bond acceptors (Lipinski definition) is 12. The topological polar surface area (TPSA) is 137 Å². The summed E-state index contributed by atoms with van der Waals surface area (Å²) in [5, 5.41) is 20.0. The van der Waals surface area contributed by atoms with Gasteiger partial charge in [-0.3, -0.25) is 9.80 Å². The number of aromatic amines is 1. The molecule has 310 valence electrons. The lowest BCUT2D eigenvalue weighted by molar-refractivity contribution is 0.412. The maximum absolute atomic E-state index is 7.32. The molecule has 13 heteroatoms. The molecule has 0 radical (unpaired) electrons. The first-order valence-corrected chi connectivity index (χ1v) is 22.2. The first-order chi connectivity index (χ1) is 32.7. The van der Waals surface area contributed by atoms with Crippen LogP contribution in [-0.2, 0) is 5.66 Å². The van der Waals surface area contributed by atoms with E-state index in [1.54, 1.807) is 17.5 Å². The second-order valence-electron chi connectivity index (χ2n) is 16.2. The van der Waals surface area contributed by atoms with Crippen molar-refractivity contribution in [2.45, 2.75) is 5.66 Å². The lowest BCUT2D eigenvalue weighted by Crippen LogP contribution is -2.64. The van der Waals surface area contributed by atoms with Crippen molar-refractivity contribution in [3.63, 3.8) is 0 Å². The van der Waals surface area contributed by atoms with E-state index in [2.05, 4.69) is 116 Å². The van der Waals surface area contributed by atoms with E-state index in [-0.39, 0.29) is 0 Å². The van der Waals surface area contributed by atoms with Crippen molar-refractivity contribution >= 4 is 104 Å². The molecule has 0 saturated carbocycles. The van der Waals surface area contributed by atoms with Crippen LogP contribution in [0, 0.1) is 0 Å². The Kier molecular flexibility index (Phi) is 7.77. The number of amidine groups is 2. The summed E-state index contributed by atoms with van der Waals surface area (Å²) in [6, 6.07) is 57.8. The molecule has 2 aliphatic rings. The van der Waals surface area contributed by atoms with Crippen molar-refractivity contribution in [2.75, 3.05) is 9.80 Å². The van der Waals surface area contributed by atoms with Crippen molar-refractivity contribution in [3.05, 3.63) is 211 Å². The molecular formula is C53H31N11OS. The molecule has 0 spiro atoms. The summed E-state index contributed by atoms with van der Waals surface area (Å²) in [5.41, 5.74) is 5.64. The predicted molar refractivity (Wildman–Crippen MR) is 262 cm³/mol. The van der Waals surface area contributed by atoms with E-state index in [4.69, 9.17) is 34.5 Å². The summed E-state index contributed by atoms with van der Waals surface area (Å²) in [5.74, 6) is 2.24. The third kappa shape index (κ3) is 5.37. The van der Waals surface area contributed by atoms with E-state index in [1.807, 2.05) is 85.1 Å². The zero-order valence-electron chi connectivity index (χ0n) is 34.6. The number of para-hydroxylation sites is 4. The summed E-state index contributed by atoms with van der Waals surface area (Å²) < 4.78 is 8.42. The van der Waals surface area contributed by atoms with Crippen LogP contribution >= 0.6 is 11.3 Å². The molecule has 6 aromatic heterocycles. The molecule has 66 heavy (non-hydrogen) atoms. The average molecular weight is 870 g/mol. The smallest absolute Gasteiger partial charge is 0.211 e. The Morgan fingerprint density at radius 3 is 2.20 bits per heavy atom. The summed E-state index contributed by atoms with van der Waals surface area (Å²) in [6.45, 7) is 0. The number of benzene rings is 6. The first kappa shape index (κ1) is 36.5. The minimum atomic E-state index is -1.48. The van der Waals surface area contributed by atoms with Crippen molar-refractivity contribution in [1.82, 2.24) is 35.3 Å². The Morgan fingerprint density at radius 2 is 1.36 bits per heavy atom. The van der Waals surface area contributed by atoms with Gasteiger partial charge in [0.15, 0.2) is 23.2 Å². The number of fused-ring (bicyclic) bond motifs is 7. The molecule has 12 nitrogen and oxygen atoms in total. The number of furan rings is 1. The predicted octanol–water partition coefficient (Wildman–Crippen LogP) is 11.4. The van der Waals surface area contributed by atoms with Gasteiger partial charge in [-0.05, 0) is 71.3 Å². The molecular weight excluding hydrogens is 839 g/mol. The molecule has 0 saturated heterocycles. The molecule has 14 rings (SSSR count). The lowest BCUT2D eigenvalue weighted by Gasteiger charge is -2.53. The van der Waals surface area contributed by atoms with Crippen molar-refractivity contribution in [3.8, 4) is 0 Å². The van der Waals surface area contributed by atoms with E-state index in [9.17, 15) is 0 Å². The second-order valence-corrected chi connectivity index (χ2v) is 17.3. The number of anilines is 2. The standard InChI is InChI=1S/C53H31N11OS/c1-6-18-38-31(12-1)26-36-37(17-11-21-41(36)56-38)53(45-28-33-14-4-9-22-43(33)65-45)63(46-24-25-55-62-61-46)52-48(59-51(60-52)50-54-30-35-16-3-8-20-40(35)58-50)49(42-27-32-13-2-7-19-39(32)57-42)64(53)47-29-34-15-5-10-23-44(34)66-47/h1-30,57H. The number of nitrogens with one attached hydrogen (secondary N) is 1. The van der Waals surface area contributed by atoms with Crippen molar-refractivity contribution in [1.29, 1.82) is 0 Å². The van der Waals surface area contributed by atoms with Gasteiger partial charge in [0.2, 0.25) is 11.5 Å². The van der Waals surface area contributed by atoms with Crippen LogP contribution in [0.1, 0.15) is 22.8 Å². The first-order valence-electron chi connectivity index (χ1n) is 21.4. The molecule has 0 aliphatic carbocycles. The lowest BCUT2D eigenvalue weighted by atomic mass is 9.85. The monoisotopic (exact) mass is 869 g/mol. The summed E-state index contributed by atoms with van der Waals surface area (Å²) in [6.07, 6.45) is 3.46. The zero-order chi connectivity index (χ0) is 43.3. The molecule has 1 N–H and O–H groups in total.